The SMILES string of the molecule is [C-]#[N+]c1cc2c3c([n+](C)ccc3c1)-c1c(cc3ccccc3c1C)O2. The summed E-state index contributed by atoms with van der Waals surface area (Å²) in [7, 11) is 2.06. The average molecular weight is 323 g/mol. The van der Waals surface area contributed by atoms with Gasteiger partial charge in [0.05, 0.1) is 17.5 Å². The van der Waals surface area contributed by atoms with Crippen molar-refractivity contribution in [2.75, 3.05) is 0 Å². The molecule has 25 heavy (non-hydrogen) atoms. The molecule has 1 aliphatic rings. The largest absolute Gasteiger partial charge is 0.457 e. The molecular formula is C22H15N2O+. The van der Waals surface area contributed by atoms with Gasteiger partial charge in [0.2, 0.25) is 5.69 Å². The van der Waals surface area contributed by atoms with E-state index in [4.69, 9.17) is 11.3 Å². The van der Waals surface area contributed by atoms with Crippen molar-refractivity contribution in [2.45, 2.75) is 6.92 Å². The Morgan fingerprint density at radius 1 is 1.00 bits per heavy atom. The smallest absolute Gasteiger partial charge is 0.227 e. The Balaban J connectivity index is 1.99. The summed E-state index contributed by atoms with van der Waals surface area (Å²) < 4.78 is 8.42. The molecule has 0 N–H and O–H groups in total. The number of aryl methyl sites for hydroxylation is 2. The van der Waals surface area contributed by atoms with E-state index in [1.54, 1.807) is 0 Å². The first-order valence-electron chi connectivity index (χ1n) is 8.22. The van der Waals surface area contributed by atoms with Gasteiger partial charge in [-0.2, -0.15) is 0 Å². The molecule has 4 aromatic rings. The van der Waals surface area contributed by atoms with E-state index in [-0.39, 0.29) is 0 Å². The molecule has 2 heterocycles. The maximum Gasteiger partial charge on any atom is 0.227 e. The molecule has 0 spiro atoms. The lowest BCUT2D eigenvalue weighted by atomic mass is 9.92. The molecule has 3 heteroatoms. The van der Waals surface area contributed by atoms with E-state index < -0.39 is 0 Å². The van der Waals surface area contributed by atoms with Crippen LogP contribution in [0.5, 0.6) is 11.5 Å². The van der Waals surface area contributed by atoms with Crippen molar-refractivity contribution in [3.63, 3.8) is 0 Å². The summed E-state index contributed by atoms with van der Waals surface area (Å²) in [4.78, 5) is 3.59. The standard InChI is InChI=1S/C22H15N2O/c1-13-17-7-5-4-6-14(17)11-18-20(13)22-21-15(8-9-24(22)3)10-16(23-2)12-19(21)25-18/h4-12H,1,3H3/q+1. The molecule has 3 nitrogen and oxygen atoms in total. The summed E-state index contributed by atoms with van der Waals surface area (Å²) in [5.74, 6) is 1.62. The maximum absolute atomic E-state index is 7.36. The molecule has 0 saturated heterocycles. The highest BCUT2D eigenvalue weighted by Crippen LogP contribution is 2.49. The predicted octanol–water partition coefficient (Wildman–Crippen LogP) is 5.45. The highest BCUT2D eigenvalue weighted by molar-refractivity contribution is 6.06. The molecule has 3 aromatic carbocycles. The Morgan fingerprint density at radius 3 is 2.68 bits per heavy atom. The first kappa shape index (κ1) is 14.0. The molecule has 0 amide bonds. The van der Waals surface area contributed by atoms with Crippen LogP contribution in [0.2, 0.25) is 0 Å². The number of hydrogen-bond donors (Lipinski definition) is 0. The molecule has 1 aliphatic heterocycles. The van der Waals surface area contributed by atoms with Crippen molar-refractivity contribution in [1.82, 2.24) is 0 Å². The normalized spacial score (nSPS) is 11.9. The van der Waals surface area contributed by atoms with E-state index >= 15 is 0 Å². The Hall–Kier alpha value is -3.38. The molecule has 1 aromatic heterocycles. The van der Waals surface area contributed by atoms with Crippen LogP contribution in [0.4, 0.5) is 5.69 Å². The monoisotopic (exact) mass is 323 g/mol. The molecule has 0 fully saturated rings. The third-order valence-electron chi connectivity index (χ3n) is 5.04. The van der Waals surface area contributed by atoms with Gasteiger partial charge in [0.1, 0.15) is 18.5 Å². The summed E-state index contributed by atoms with van der Waals surface area (Å²) in [6.45, 7) is 9.51. The van der Waals surface area contributed by atoms with Crippen LogP contribution in [-0.2, 0) is 7.05 Å². The van der Waals surface area contributed by atoms with E-state index in [2.05, 4.69) is 53.8 Å². The van der Waals surface area contributed by atoms with Gasteiger partial charge < -0.3 is 4.74 Å². The van der Waals surface area contributed by atoms with Crippen molar-refractivity contribution in [2.24, 2.45) is 7.05 Å². The minimum Gasteiger partial charge on any atom is -0.457 e. The molecule has 0 unspecified atom stereocenters. The highest BCUT2D eigenvalue weighted by atomic mass is 16.5. The molecule has 118 valence electrons. The number of nitrogens with zero attached hydrogens (tertiary/aromatic N) is 2. The number of hydrogen-bond acceptors (Lipinski definition) is 1. The van der Waals surface area contributed by atoms with Gasteiger partial charge in [-0.3, -0.25) is 0 Å². The van der Waals surface area contributed by atoms with E-state index in [0.29, 0.717) is 5.69 Å². The Bertz CT molecular complexity index is 1250. The highest BCUT2D eigenvalue weighted by Gasteiger charge is 2.30. The fraction of sp³-hybridized carbons (Fsp3) is 0.0909. The summed E-state index contributed by atoms with van der Waals surface area (Å²) in [6.07, 6.45) is 2.05. The van der Waals surface area contributed by atoms with Crippen LogP contribution in [0.25, 0.3) is 37.6 Å². The second-order valence-electron chi connectivity index (χ2n) is 6.49. The Morgan fingerprint density at radius 2 is 1.84 bits per heavy atom. The summed E-state index contributed by atoms with van der Waals surface area (Å²) in [5.41, 5.74) is 4.10. The molecule has 0 aliphatic carbocycles. The third-order valence-corrected chi connectivity index (χ3v) is 5.04. The van der Waals surface area contributed by atoms with Gasteiger partial charge in [0, 0.05) is 6.07 Å². The number of ether oxygens (including phenoxy) is 1. The molecule has 5 rings (SSSR count). The topological polar surface area (TPSA) is 17.5 Å². The molecular weight excluding hydrogens is 308 g/mol. The molecule has 0 bridgehead atoms. The van der Waals surface area contributed by atoms with Crippen LogP contribution >= 0.6 is 0 Å². The lowest BCUT2D eigenvalue weighted by Gasteiger charge is -2.22. The lowest BCUT2D eigenvalue weighted by Crippen LogP contribution is -2.31. The summed E-state index contributed by atoms with van der Waals surface area (Å²) >= 11 is 0. The zero-order valence-corrected chi connectivity index (χ0v) is 14.0. The number of aromatic nitrogens is 1. The van der Waals surface area contributed by atoms with E-state index in [1.165, 1.54) is 16.3 Å². The number of benzene rings is 3. The fourth-order valence-electron chi connectivity index (χ4n) is 3.89. The van der Waals surface area contributed by atoms with Crippen molar-refractivity contribution in [3.8, 4) is 22.8 Å². The average Bonchev–Trinajstić information content (AvgIpc) is 2.63. The van der Waals surface area contributed by atoms with Crippen LogP contribution < -0.4 is 9.30 Å². The third kappa shape index (κ3) is 1.82. The van der Waals surface area contributed by atoms with Crippen LogP contribution in [0.3, 0.4) is 0 Å². The maximum atomic E-state index is 7.36. The van der Waals surface area contributed by atoms with Crippen LogP contribution in [0, 0.1) is 13.5 Å². The minimum atomic E-state index is 0.600. The van der Waals surface area contributed by atoms with Gasteiger partial charge in [-0.25, -0.2) is 9.41 Å². The Labute approximate surface area is 145 Å². The first-order valence-corrected chi connectivity index (χ1v) is 8.22. The van der Waals surface area contributed by atoms with Gasteiger partial charge >= 0.3 is 0 Å². The summed E-state index contributed by atoms with van der Waals surface area (Å²) in [6, 6.07) is 16.3. The fourth-order valence-corrected chi connectivity index (χ4v) is 3.89. The van der Waals surface area contributed by atoms with Crippen LogP contribution in [-0.4, -0.2) is 0 Å². The summed E-state index contributed by atoms with van der Waals surface area (Å²) in [5, 5.41) is 4.51. The van der Waals surface area contributed by atoms with Crippen molar-refractivity contribution in [3.05, 3.63) is 71.7 Å². The second kappa shape index (κ2) is 4.81. The lowest BCUT2D eigenvalue weighted by molar-refractivity contribution is -0.659. The molecule has 0 radical (unpaired) electrons. The van der Waals surface area contributed by atoms with Gasteiger partial charge in [-0.15, -0.1) is 0 Å². The van der Waals surface area contributed by atoms with Crippen molar-refractivity contribution >= 4 is 27.2 Å². The van der Waals surface area contributed by atoms with Crippen LogP contribution in [0.15, 0.2) is 54.7 Å². The van der Waals surface area contributed by atoms with Crippen LogP contribution in [0.1, 0.15) is 5.56 Å². The van der Waals surface area contributed by atoms with Gasteiger partial charge in [-0.1, -0.05) is 24.3 Å². The second-order valence-corrected chi connectivity index (χ2v) is 6.49. The van der Waals surface area contributed by atoms with Gasteiger partial charge in [0.15, 0.2) is 11.9 Å². The van der Waals surface area contributed by atoms with Gasteiger partial charge in [-0.05, 0) is 46.8 Å². The van der Waals surface area contributed by atoms with Gasteiger partial charge in [0.25, 0.3) is 0 Å². The Kier molecular flexibility index (Phi) is 2.69. The molecule has 0 saturated carbocycles. The number of fused-ring (bicyclic) bond motifs is 3. The number of pyridine rings is 1. The first-order chi connectivity index (χ1) is 12.2. The predicted molar refractivity (Wildman–Crippen MR) is 99.1 cm³/mol. The zero-order chi connectivity index (χ0) is 17.1. The van der Waals surface area contributed by atoms with E-state index in [9.17, 15) is 0 Å². The van der Waals surface area contributed by atoms with Crippen molar-refractivity contribution in [1.29, 1.82) is 0 Å². The number of rotatable bonds is 0. The quantitative estimate of drug-likeness (QED) is 0.274. The molecule has 0 atom stereocenters. The van der Waals surface area contributed by atoms with E-state index in [0.717, 1.165) is 33.5 Å². The zero-order valence-electron chi connectivity index (χ0n) is 14.0. The van der Waals surface area contributed by atoms with Crippen molar-refractivity contribution < 1.29 is 9.30 Å². The minimum absolute atomic E-state index is 0.600. The van der Waals surface area contributed by atoms with E-state index in [1.807, 2.05) is 24.3 Å².